The summed E-state index contributed by atoms with van der Waals surface area (Å²) in [5.41, 5.74) is 4.91. The number of carbonyl (C=O) groups is 2. The van der Waals surface area contributed by atoms with Gasteiger partial charge in [-0.2, -0.15) is 0 Å². The molecule has 0 fully saturated rings. The summed E-state index contributed by atoms with van der Waals surface area (Å²) in [5.74, 6) is -0.527. The molecule has 1 atom stereocenters. The molecule has 2 aromatic rings. The largest absolute Gasteiger partial charge is 0.466 e. The molecule has 1 N–H and O–H groups in total. The monoisotopic (exact) mass is 448 g/mol. The fourth-order valence-electron chi connectivity index (χ4n) is 3.86. The van der Waals surface area contributed by atoms with Crippen molar-refractivity contribution in [3.05, 3.63) is 87.9 Å². The lowest BCUT2D eigenvalue weighted by Gasteiger charge is -2.36. The Labute approximate surface area is 191 Å². The number of aliphatic imine (C=N–C) groups is 1. The van der Waals surface area contributed by atoms with Gasteiger partial charge in [0.2, 0.25) is 5.91 Å². The van der Waals surface area contributed by atoms with E-state index >= 15 is 0 Å². The second-order valence-electron chi connectivity index (χ2n) is 7.55. The molecule has 0 saturated heterocycles. The van der Waals surface area contributed by atoms with E-state index in [1.807, 2.05) is 60.6 Å². The summed E-state index contributed by atoms with van der Waals surface area (Å²) in [6, 6.07) is 11.3. The van der Waals surface area contributed by atoms with Gasteiger partial charge in [0.1, 0.15) is 0 Å². The van der Waals surface area contributed by atoms with Crippen molar-refractivity contribution in [1.82, 2.24) is 15.2 Å². The van der Waals surface area contributed by atoms with Crippen molar-refractivity contribution in [2.75, 3.05) is 7.11 Å². The Morgan fingerprint density at radius 1 is 1.16 bits per heavy atom. The highest BCUT2D eigenvalue weighted by molar-refractivity contribution is 8.16. The minimum absolute atomic E-state index is 0.107. The molecule has 1 unspecified atom stereocenters. The standard InChI is InChI=1S/C24H24N4O3S/c1-15-6-4-5-7-19(15)22-21(23(30)31-3)16(2)27-24-28(22)18(14-32-24)12-20(29)26-13-17-8-10-25-11-9-17/h4-11,14,22H,12-13H2,1-3H3,(H,26,29). The highest BCUT2D eigenvalue weighted by Crippen LogP contribution is 2.45. The smallest absolute Gasteiger partial charge is 0.338 e. The fraction of sp³-hybridized carbons (Fsp3) is 0.250. The molecule has 1 amide bonds. The second kappa shape index (κ2) is 9.40. The topological polar surface area (TPSA) is 83.9 Å². The third-order valence-electron chi connectivity index (χ3n) is 5.47. The number of allylic oxidation sites excluding steroid dienone is 1. The molecule has 2 aliphatic heterocycles. The van der Waals surface area contributed by atoms with E-state index in [1.165, 1.54) is 18.9 Å². The zero-order valence-electron chi connectivity index (χ0n) is 18.2. The number of fused-ring (bicyclic) bond motifs is 1. The zero-order chi connectivity index (χ0) is 22.7. The normalized spacial score (nSPS) is 17.5. The number of nitrogens with zero attached hydrogens (tertiary/aromatic N) is 3. The Balaban J connectivity index is 1.62. The van der Waals surface area contributed by atoms with Crippen LogP contribution in [0, 0.1) is 6.92 Å². The van der Waals surface area contributed by atoms with Gasteiger partial charge in [-0.3, -0.25) is 9.78 Å². The van der Waals surface area contributed by atoms with Crippen LogP contribution in [0.15, 0.2) is 76.2 Å². The number of hydrogen-bond acceptors (Lipinski definition) is 7. The van der Waals surface area contributed by atoms with E-state index in [1.54, 1.807) is 12.4 Å². The van der Waals surface area contributed by atoms with Crippen LogP contribution in [0.3, 0.4) is 0 Å². The first-order valence-electron chi connectivity index (χ1n) is 10.2. The number of aromatic nitrogens is 1. The number of pyridine rings is 1. The molecule has 1 aromatic heterocycles. The SMILES string of the molecule is COC(=O)C1=C(C)N=C2SC=C(CC(=O)NCc3ccncc3)N2C1c1ccccc1C. The van der Waals surface area contributed by atoms with Gasteiger partial charge >= 0.3 is 5.97 Å². The van der Waals surface area contributed by atoms with E-state index in [0.717, 1.165) is 27.6 Å². The molecular weight excluding hydrogens is 424 g/mol. The van der Waals surface area contributed by atoms with Crippen LogP contribution in [0.5, 0.6) is 0 Å². The third kappa shape index (κ3) is 4.31. The van der Waals surface area contributed by atoms with Gasteiger partial charge in [-0.25, -0.2) is 9.79 Å². The van der Waals surface area contributed by atoms with Crippen LogP contribution in [0.1, 0.15) is 36.1 Å². The van der Waals surface area contributed by atoms with Crippen LogP contribution in [0.4, 0.5) is 0 Å². The van der Waals surface area contributed by atoms with Crippen molar-refractivity contribution in [1.29, 1.82) is 0 Å². The van der Waals surface area contributed by atoms with Crippen molar-refractivity contribution in [2.45, 2.75) is 32.9 Å². The number of esters is 1. The number of carbonyl (C=O) groups excluding carboxylic acids is 2. The molecule has 0 spiro atoms. The lowest BCUT2D eigenvalue weighted by molar-refractivity contribution is -0.136. The zero-order valence-corrected chi connectivity index (χ0v) is 19.0. The summed E-state index contributed by atoms with van der Waals surface area (Å²) in [6.45, 7) is 4.26. The number of thioether (sulfide) groups is 1. The van der Waals surface area contributed by atoms with Gasteiger partial charge in [0, 0.05) is 24.6 Å². The Morgan fingerprint density at radius 2 is 1.91 bits per heavy atom. The van der Waals surface area contributed by atoms with E-state index in [4.69, 9.17) is 4.74 Å². The van der Waals surface area contributed by atoms with Crippen molar-refractivity contribution >= 4 is 28.8 Å². The number of ether oxygens (including phenoxy) is 1. The highest BCUT2D eigenvalue weighted by Gasteiger charge is 2.41. The van der Waals surface area contributed by atoms with Gasteiger partial charge in [-0.05, 0) is 48.1 Å². The number of benzene rings is 1. The van der Waals surface area contributed by atoms with Gasteiger partial charge in [0.05, 0.1) is 30.8 Å². The number of hydrogen-bond donors (Lipinski definition) is 1. The van der Waals surface area contributed by atoms with Crippen molar-refractivity contribution < 1.29 is 14.3 Å². The van der Waals surface area contributed by atoms with Crippen molar-refractivity contribution in [3.8, 4) is 0 Å². The molecule has 0 bridgehead atoms. The molecule has 0 aliphatic carbocycles. The number of rotatable bonds is 6. The number of amidine groups is 1. The van der Waals surface area contributed by atoms with E-state index in [-0.39, 0.29) is 12.3 Å². The first-order valence-corrected chi connectivity index (χ1v) is 11.1. The first kappa shape index (κ1) is 21.8. The fourth-order valence-corrected chi connectivity index (χ4v) is 4.82. The molecule has 2 aliphatic rings. The van der Waals surface area contributed by atoms with Crippen LogP contribution < -0.4 is 5.32 Å². The van der Waals surface area contributed by atoms with Gasteiger partial charge in [0.25, 0.3) is 0 Å². The summed E-state index contributed by atoms with van der Waals surface area (Å²) in [4.78, 5) is 36.1. The number of aryl methyl sites for hydroxylation is 1. The van der Waals surface area contributed by atoms with Crippen LogP contribution in [-0.2, 0) is 20.9 Å². The highest BCUT2D eigenvalue weighted by atomic mass is 32.2. The lowest BCUT2D eigenvalue weighted by atomic mass is 9.91. The minimum atomic E-state index is -0.419. The molecule has 164 valence electrons. The van der Waals surface area contributed by atoms with E-state index < -0.39 is 12.0 Å². The van der Waals surface area contributed by atoms with Gasteiger partial charge < -0.3 is 15.0 Å². The number of nitrogens with one attached hydrogen (secondary N) is 1. The summed E-state index contributed by atoms with van der Waals surface area (Å²) >= 11 is 1.46. The maximum Gasteiger partial charge on any atom is 0.338 e. The molecule has 4 rings (SSSR count). The van der Waals surface area contributed by atoms with Crippen molar-refractivity contribution in [2.24, 2.45) is 4.99 Å². The van der Waals surface area contributed by atoms with Gasteiger partial charge in [-0.15, -0.1) is 0 Å². The molecule has 32 heavy (non-hydrogen) atoms. The van der Waals surface area contributed by atoms with Crippen LogP contribution in [0.2, 0.25) is 0 Å². The van der Waals surface area contributed by atoms with Gasteiger partial charge in [0.15, 0.2) is 5.17 Å². The number of amides is 1. The van der Waals surface area contributed by atoms with Crippen LogP contribution in [-0.4, -0.2) is 34.0 Å². The minimum Gasteiger partial charge on any atom is -0.466 e. The van der Waals surface area contributed by atoms with Gasteiger partial charge in [-0.1, -0.05) is 36.0 Å². The van der Waals surface area contributed by atoms with E-state index in [2.05, 4.69) is 15.3 Å². The molecular formula is C24H24N4O3S. The Bertz CT molecular complexity index is 1140. The van der Waals surface area contributed by atoms with Crippen molar-refractivity contribution in [3.63, 3.8) is 0 Å². The lowest BCUT2D eigenvalue weighted by Crippen LogP contribution is -2.38. The first-order chi connectivity index (χ1) is 15.5. The maximum absolute atomic E-state index is 12.8. The predicted molar refractivity (Wildman–Crippen MR) is 124 cm³/mol. The summed E-state index contributed by atoms with van der Waals surface area (Å²) in [6.07, 6.45) is 3.57. The second-order valence-corrected chi connectivity index (χ2v) is 8.39. The Morgan fingerprint density at radius 3 is 2.62 bits per heavy atom. The number of methoxy groups -OCH3 is 1. The quantitative estimate of drug-likeness (QED) is 0.676. The average Bonchev–Trinajstić information content (AvgIpc) is 3.19. The summed E-state index contributed by atoms with van der Waals surface area (Å²) in [5, 5.41) is 5.64. The van der Waals surface area contributed by atoms with E-state index in [0.29, 0.717) is 17.8 Å². The summed E-state index contributed by atoms with van der Waals surface area (Å²) in [7, 11) is 1.37. The molecule has 8 heteroatoms. The molecule has 7 nitrogen and oxygen atoms in total. The molecule has 0 saturated carbocycles. The summed E-state index contributed by atoms with van der Waals surface area (Å²) < 4.78 is 5.10. The molecule has 0 radical (unpaired) electrons. The predicted octanol–water partition coefficient (Wildman–Crippen LogP) is 3.84. The molecule has 3 heterocycles. The maximum atomic E-state index is 12.8. The third-order valence-corrected chi connectivity index (χ3v) is 6.36. The molecule has 1 aromatic carbocycles. The van der Waals surface area contributed by atoms with Crippen LogP contribution >= 0.6 is 11.8 Å². The Kier molecular flexibility index (Phi) is 6.41. The van der Waals surface area contributed by atoms with Crippen LogP contribution in [0.25, 0.3) is 0 Å². The Hall–Kier alpha value is -3.39. The van der Waals surface area contributed by atoms with E-state index in [9.17, 15) is 9.59 Å². The average molecular weight is 449 g/mol.